The number of rotatable bonds is 6. The fraction of sp³-hybridized carbons (Fsp3) is 0.533. The van der Waals surface area contributed by atoms with Crippen molar-refractivity contribution < 1.29 is 9.53 Å². The van der Waals surface area contributed by atoms with Gasteiger partial charge in [0.2, 0.25) is 0 Å². The van der Waals surface area contributed by atoms with Gasteiger partial charge in [-0.15, -0.1) is 0 Å². The number of carbonyl (C=O) groups excluding carboxylic acids is 1. The molecule has 2 rings (SSSR count). The molecule has 6 heteroatoms. The normalized spacial score (nSPS) is 21.0. The Morgan fingerprint density at radius 3 is 3.05 bits per heavy atom. The van der Waals surface area contributed by atoms with E-state index < -0.39 is 6.10 Å². The molecule has 1 aliphatic heterocycles. The zero-order chi connectivity index (χ0) is 15.1. The molecule has 0 aromatic carbocycles. The van der Waals surface area contributed by atoms with Crippen LogP contribution in [0.3, 0.4) is 0 Å². The zero-order valence-electron chi connectivity index (χ0n) is 11.9. The quantitative estimate of drug-likeness (QED) is 0.837. The highest BCUT2D eigenvalue weighted by Crippen LogP contribution is 2.21. The number of amides is 1. The highest BCUT2D eigenvalue weighted by atomic mass is 16.5. The molecule has 1 aliphatic rings. The first-order chi connectivity index (χ1) is 10.2. The molecule has 2 unspecified atom stereocenters. The third-order valence-electron chi connectivity index (χ3n) is 3.55. The topological polar surface area (TPSA) is 92.2 Å². The Labute approximate surface area is 124 Å². The smallest absolute Gasteiger partial charge is 0.252 e. The van der Waals surface area contributed by atoms with Crippen LogP contribution in [0.1, 0.15) is 24.8 Å². The van der Waals surface area contributed by atoms with E-state index in [0.29, 0.717) is 32.5 Å². The van der Waals surface area contributed by atoms with Crippen LogP contribution in [0.2, 0.25) is 0 Å². The fourth-order valence-electron chi connectivity index (χ4n) is 2.43. The monoisotopic (exact) mass is 288 g/mol. The molecule has 2 atom stereocenters. The van der Waals surface area contributed by atoms with Gasteiger partial charge in [-0.3, -0.25) is 9.78 Å². The van der Waals surface area contributed by atoms with Gasteiger partial charge in [-0.2, -0.15) is 5.26 Å². The van der Waals surface area contributed by atoms with Crippen LogP contribution in [0.15, 0.2) is 24.5 Å². The Kier molecular flexibility index (Phi) is 5.67. The molecule has 6 nitrogen and oxygen atoms in total. The minimum Gasteiger partial charge on any atom is -0.364 e. The van der Waals surface area contributed by atoms with Crippen molar-refractivity contribution in [1.29, 1.82) is 5.26 Å². The van der Waals surface area contributed by atoms with E-state index >= 15 is 0 Å². The predicted octanol–water partition coefficient (Wildman–Crippen LogP) is 0.830. The molecule has 0 spiro atoms. The van der Waals surface area contributed by atoms with E-state index in [0.717, 1.165) is 12.0 Å². The highest BCUT2D eigenvalue weighted by Gasteiger charge is 2.32. The van der Waals surface area contributed by atoms with Crippen LogP contribution < -0.4 is 5.73 Å². The number of pyridine rings is 1. The number of hydrogen-bond donors (Lipinski definition) is 1. The molecule has 1 saturated heterocycles. The number of hydrogen-bond acceptors (Lipinski definition) is 5. The first-order valence-corrected chi connectivity index (χ1v) is 7.14. The predicted molar refractivity (Wildman–Crippen MR) is 76.8 cm³/mol. The number of nitrogens with two attached hydrogens (primary N) is 1. The molecule has 0 saturated carbocycles. The van der Waals surface area contributed by atoms with E-state index in [4.69, 9.17) is 15.7 Å². The van der Waals surface area contributed by atoms with Gasteiger partial charge in [-0.25, -0.2) is 0 Å². The lowest BCUT2D eigenvalue weighted by atomic mass is 10.1. The summed E-state index contributed by atoms with van der Waals surface area (Å²) in [5.74, 6) is -0.0648. The van der Waals surface area contributed by atoms with Crippen LogP contribution in [0.4, 0.5) is 0 Å². The van der Waals surface area contributed by atoms with Crippen LogP contribution in [-0.2, 0) is 16.1 Å². The molecule has 1 amide bonds. The minimum atomic E-state index is -0.436. The molecule has 1 aromatic rings. The molecule has 0 aliphatic carbocycles. The fourth-order valence-corrected chi connectivity index (χ4v) is 2.43. The summed E-state index contributed by atoms with van der Waals surface area (Å²) in [6, 6.07) is 5.83. The lowest BCUT2D eigenvalue weighted by molar-refractivity contribution is -0.143. The maximum Gasteiger partial charge on any atom is 0.252 e. The van der Waals surface area contributed by atoms with Crippen LogP contribution in [-0.4, -0.2) is 41.1 Å². The Balaban J connectivity index is 2.01. The van der Waals surface area contributed by atoms with Gasteiger partial charge >= 0.3 is 0 Å². The molecule has 0 bridgehead atoms. The summed E-state index contributed by atoms with van der Waals surface area (Å²) < 4.78 is 5.66. The molecule has 1 fully saturated rings. The standard InChI is InChI=1S/C15H20N4O2/c16-6-2-8-19(11-12-3-1-7-18-10-12)15(20)14-5-4-13(9-17)21-14/h1,3,7,10,13-14H,2,4-5,8-9,11,17H2. The number of carbonyl (C=O) groups is 1. The summed E-state index contributed by atoms with van der Waals surface area (Å²) in [5.41, 5.74) is 6.52. The van der Waals surface area contributed by atoms with Crippen molar-refractivity contribution in [3.8, 4) is 6.07 Å². The third-order valence-corrected chi connectivity index (χ3v) is 3.55. The Morgan fingerprint density at radius 1 is 1.57 bits per heavy atom. The van der Waals surface area contributed by atoms with Crippen molar-refractivity contribution in [3.63, 3.8) is 0 Å². The van der Waals surface area contributed by atoms with Crippen molar-refractivity contribution >= 4 is 5.91 Å². The second-order valence-electron chi connectivity index (χ2n) is 5.09. The van der Waals surface area contributed by atoms with Gasteiger partial charge in [0.1, 0.15) is 6.10 Å². The average Bonchev–Trinajstić information content (AvgIpc) is 3.00. The summed E-state index contributed by atoms with van der Waals surface area (Å²) in [5, 5.41) is 8.76. The van der Waals surface area contributed by atoms with Gasteiger partial charge in [-0.05, 0) is 24.5 Å². The summed E-state index contributed by atoms with van der Waals surface area (Å²) in [4.78, 5) is 18.3. The summed E-state index contributed by atoms with van der Waals surface area (Å²) in [7, 11) is 0. The first kappa shape index (κ1) is 15.4. The molecule has 112 valence electrons. The SMILES string of the molecule is N#CCCN(Cc1cccnc1)C(=O)C1CCC(CN)O1. The molecule has 21 heavy (non-hydrogen) atoms. The third kappa shape index (κ3) is 4.25. The maximum absolute atomic E-state index is 12.5. The number of nitrogens with zero attached hydrogens (tertiary/aromatic N) is 3. The van der Waals surface area contributed by atoms with E-state index in [9.17, 15) is 4.79 Å². The maximum atomic E-state index is 12.5. The van der Waals surface area contributed by atoms with E-state index in [-0.39, 0.29) is 12.0 Å². The summed E-state index contributed by atoms with van der Waals surface area (Å²) in [6.45, 7) is 1.28. The molecular weight excluding hydrogens is 268 g/mol. The molecule has 2 heterocycles. The van der Waals surface area contributed by atoms with Crippen molar-refractivity contribution in [2.24, 2.45) is 5.73 Å². The number of ether oxygens (including phenoxy) is 1. The van der Waals surface area contributed by atoms with Gasteiger partial charge < -0.3 is 15.4 Å². The second-order valence-corrected chi connectivity index (χ2v) is 5.09. The van der Waals surface area contributed by atoms with Gasteiger partial charge in [-0.1, -0.05) is 6.07 Å². The van der Waals surface area contributed by atoms with Gasteiger partial charge in [0.15, 0.2) is 0 Å². The van der Waals surface area contributed by atoms with E-state index in [1.165, 1.54) is 0 Å². The van der Waals surface area contributed by atoms with Crippen LogP contribution >= 0.6 is 0 Å². The lowest BCUT2D eigenvalue weighted by Crippen LogP contribution is -2.39. The van der Waals surface area contributed by atoms with Crippen LogP contribution in [0.25, 0.3) is 0 Å². The number of nitriles is 1. The van der Waals surface area contributed by atoms with E-state index in [2.05, 4.69) is 11.1 Å². The van der Waals surface area contributed by atoms with Gasteiger partial charge in [0.05, 0.1) is 18.6 Å². The zero-order valence-corrected chi connectivity index (χ0v) is 11.9. The molecule has 1 aromatic heterocycles. The van der Waals surface area contributed by atoms with Crippen molar-refractivity contribution in [3.05, 3.63) is 30.1 Å². The van der Waals surface area contributed by atoms with Gasteiger partial charge in [0, 0.05) is 32.0 Å². The van der Waals surface area contributed by atoms with Crippen molar-refractivity contribution in [2.75, 3.05) is 13.1 Å². The van der Waals surface area contributed by atoms with E-state index in [1.807, 2.05) is 12.1 Å². The van der Waals surface area contributed by atoms with Gasteiger partial charge in [0.25, 0.3) is 5.91 Å². The average molecular weight is 288 g/mol. The molecular formula is C15H20N4O2. The van der Waals surface area contributed by atoms with Crippen molar-refractivity contribution in [1.82, 2.24) is 9.88 Å². The van der Waals surface area contributed by atoms with E-state index in [1.54, 1.807) is 17.3 Å². The Morgan fingerprint density at radius 2 is 2.43 bits per heavy atom. The Bertz CT molecular complexity index is 500. The minimum absolute atomic E-state index is 0.0323. The van der Waals surface area contributed by atoms with Crippen molar-refractivity contribution in [2.45, 2.75) is 38.0 Å². The summed E-state index contributed by atoms with van der Waals surface area (Å²) >= 11 is 0. The van der Waals surface area contributed by atoms with Crippen LogP contribution in [0.5, 0.6) is 0 Å². The Hall–Kier alpha value is -1.97. The molecule has 0 radical (unpaired) electrons. The van der Waals surface area contributed by atoms with Crippen LogP contribution in [0, 0.1) is 11.3 Å². The first-order valence-electron chi connectivity index (χ1n) is 7.14. The molecule has 2 N–H and O–H groups in total. The second kappa shape index (κ2) is 7.72. The largest absolute Gasteiger partial charge is 0.364 e. The highest BCUT2D eigenvalue weighted by molar-refractivity contribution is 5.81. The summed E-state index contributed by atoms with van der Waals surface area (Å²) in [6.07, 6.45) is 4.76. The lowest BCUT2D eigenvalue weighted by Gasteiger charge is -2.25. The number of aromatic nitrogens is 1.